The molecule has 0 aliphatic rings. The third kappa shape index (κ3) is 1.86. The summed E-state index contributed by atoms with van der Waals surface area (Å²) in [7, 11) is 0. The predicted molar refractivity (Wildman–Crippen MR) is 65.5 cm³/mol. The molecule has 0 saturated carbocycles. The molecule has 3 heteroatoms. The maximum Gasteiger partial charge on any atom is 0.110 e. The molecule has 2 N–H and O–H groups in total. The molecule has 0 radical (unpaired) electrons. The van der Waals surface area contributed by atoms with Crippen LogP contribution in [0.4, 0.5) is 0 Å². The summed E-state index contributed by atoms with van der Waals surface area (Å²) in [5.41, 5.74) is 8.42. The van der Waals surface area contributed by atoms with Crippen LogP contribution in [0.25, 0.3) is 5.69 Å². The van der Waals surface area contributed by atoms with Crippen molar-refractivity contribution in [1.82, 2.24) is 9.55 Å². The lowest BCUT2D eigenvalue weighted by Gasteiger charge is -2.16. The molecule has 1 atom stereocenters. The average molecular weight is 215 g/mol. The molecule has 0 bridgehead atoms. The molecule has 16 heavy (non-hydrogen) atoms. The van der Waals surface area contributed by atoms with Gasteiger partial charge < -0.3 is 10.3 Å². The second kappa shape index (κ2) is 4.49. The molecule has 0 spiro atoms. The average Bonchev–Trinajstić information content (AvgIpc) is 2.74. The summed E-state index contributed by atoms with van der Waals surface area (Å²) < 4.78 is 2.07. The number of benzene rings is 1. The zero-order chi connectivity index (χ0) is 11.5. The first-order valence-corrected chi connectivity index (χ1v) is 5.59. The molecule has 2 rings (SSSR count). The molecule has 0 aliphatic carbocycles. The number of nitrogens with zero attached hydrogens (tertiary/aromatic N) is 2. The number of aryl methyl sites for hydroxylation is 1. The number of aromatic nitrogens is 2. The van der Waals surface area contributed by atoms with Crippen molar-refractivity contribution in [1.29, 1.82) is 0 Å². The second-order valence-electron chi connectivity index (χ2n) is 3.92. The van der Waals surface area contributed by atoms with Crippen LogP contribution in [0.3, 0.4) is 0 Å². The summed E-state index contributed by atoms with van der Waals surface area (Å²) in [5.74, 6) is 0.982. The van der Waals surface area contributed by atoms with E-state index < -0.39 is 0 Å². The van der Waals surface area contributed by atoms with E-state index in [1.807, 2.05) is 31.5 Å². The van der Waals surface area contributed by atoms with Gasteiger partial charge >= 0.3 is 0 Å². The van der Waals surface area contributed by atoms with Crippen LogP contribution < -0.4 is 5.73 Å². The zero-order valence-corrected chi connectivity index (χ0v) is 9.72. The smallest absolute Gasteiger partial charge is 0.110 e. The Morgan fingerprint density at radius 2 is 2.12 bits per heavy atom. The molecular weight excluding hydrogens is 198 g/mol. The number of nitrogens with two attached hydrogens (primary N) is 1. The van der Waals surface area contributed by atoms with Gasteiger partial charge in [-0.1, -0.05) is 25.1 Å². The largest absolute Gasteiger partial charge is 0.324 e. The van der Waals surface area contributed by atoms with E-state index in [2.05, 4.69) is 28.6 Å². The van der Waals surface area contributed by atoms with Crippen LogP contribution in [-0.4, -0.2) is 9.55 Å². The third-order valence-electron chi connectivity index (χ3n) is 2.86. The number of hydrogen-bond donors (Lipinski definition) is 1. The minimum absolute atomic E-state index is 0.0815. The van der Waals surface area contributed by atoms with Crippen molar-refractivity contribution in [3.8, 4) is 5.69 Å². The van der Waals surface area contributed by atoms with Crippen LogP contribution >= 0.6 is 0 Å². The van der Waals surface area contributed by atoms with Crippen molar-refractivity contribution in [3.05, 3.63) is 48.0 Å². The first-order chi connectivity index (χ1) is 7.74. The summed E-state index contributed by atoms with van der Waals surface area (Å²) in [5, 5.41) is 0. The van der Waals surface area contributed by atoms with Crippen molar-refractivity contribution < 1.29 is 0 Å². The fourth-order valence-electron chi connectivity index (χ4n) is 1.87. The normalized spacial score (nSPS) is 12.7. The number of para-hydroxylation sites is 1. The summed E-state index contributed by atoms with van der Waals surface area (Å²) in [4.78, 5) is 4.24. The molecule has 1 aromatic heterocycles. The molecule has 0 saturated heterocycles. The highest BCUT2D eigenvalue weighted by molar-refractivity contribution is 5.43. The SMILES string of the molecule is CCC(N)c1ccccc1-n1ccnc1C. The van der Waals surface area contributed by atoms with Crippen molar-refractivity contribution >= 4 is 0 Å². The molecule has 1 unspecified atom stereocenters. The number of rotatable bonds is 3. The Balaban J connectivity index is 2.53. The Kier molecular flexibility index (Phi) is 3.06. The van der Waals surface area contributed by atoms with Gasteiger partial charge in [0.05, 0.1) is 5.69 Å². The standard InChI is InChI=1S/C13H17N3/c1-3-12(14)11-6-4-5-7-13(11)16-9-8-15-10(16)2/h4-9,12H,3,14H2,1-2H3. The van der Waals surface area contributed by atoms with Gasteiger partial charge in [-0.05, 0) is 25.0 Å². The minimum Gasteiger partial charge on any atom is -0.324 e. The van der Waals surface area contributed by atoms with Crippen molar-refractivity contribution in [3.63, 3.8) is 0 Å². The predicted octanol–water partition coefficient (Wildman–Crippen LogP) is 2.59. The van der Waals surface area contributed by atoms with Crippen LogP contribution in [-0.2, 0) is 0 Å². The zero-order valence-electron chi connectivity index (χ0n) is 9.72. The van der Waals surface area contributed by atoms with E-state index in [9.17, 15) is 0 Å². The lowest BCUT2D eigenvalue weighted by Crippen LogP contribution is -2.12. The van der Waals surface area contributed by atoms with E-state index >= 15 is 0 Å². The van der Waals surface area contributed by atoms with Gasteiger partial charge in [0.2, 0.25) is 0 Å². The minimum atomic E-state index is 0.0815. The highest BCUT2D eigenvalue weighted by atomic mass is 15.1. The van der Waals surface area contributed by atoms with E-state index in [0.29, 0.717) is 0 Å². The Morgan fingerprint density at radius 1 is 1.38 bits per heavy atom. The lowest BCUT2D eigenvalue weighted by molar-refractivity contribution is 0.691. The van der Waals surface area contributed by atoms with E-state index in [0.717, 1.165) is 17.9 Å². The maximum absolute atomic E-state index is 6.12. The molecule has 2 aromatic rings. The Morgan fingerprint density at radius 3 is 2.75 bits per heavy atom. The van der Waals surface area contributed by atoms with Crippen LogP contribution in [0.15, 0.2) is 36.7 Å². The molecule has 0 fully saturated rings. The Hall–Kier alpha value is -1.61. The molecular formula is C13H17N3. The summed E-state index contributed by atoms with van der Waals surface area (Å²) in [6.07, 6.45) is 4.71. The topological polar surface area (TPSA) is 43.8 Å². The summed E-state index contributed by atoms with van der Waals surface area (Å²) in [6, 6.07) is 8.31. The van der Waals surface area contributed by atoms with Crippen LogP contribution in [0.5, 0.6) is 0 Å². The highest BCUT2D eigenvalue weighted by Crippen LogP contribution is 2.22. The molecule has 84 valence electrons. The van der Waals surface area contributed by atoms with Crippen molar-refractivity contribution in [2.75, 3.05) is 0 Å². The van der Waals surface area contributed by atoms with Crippen LogP contribution in [0.1, 0.15) is 30.8 Å². The third-order valence-corrected chi connectivity index (χ3v) is 2.86. The van der Waals surface area contributed by atoms with Crippen LogP contribution in [0.2, 0.25) is 0 Å². The fourth-order valence-corrected chi connectivity index (χ4v) is 1.87. The van der Waals surface area contributed by atoms with E-state index in [4.69, 9.17) is 5.73 Å². The quantitative estimate of drug-likeness (QED) is 0.855. The Labute approximate surface area is 95.9 Å². The van der Waals surface area contributed by atoms with Gasteiger partial charge in [-0.15, -0.1) is 0 Å². The summed E-state index contributed by atoms with van der Waals surface area (Å²) in [6.45, 7) is 4.09. The van der Waals surface area contributed by atoms with Crippen LogP contribution in [0, 0.1) is 6.92 Å². The van der Waals surface area contributed by atoms with E-state index in [-0.39, 0.29) is 6.04 Å². The molecule has 0 amide bonds. The van der Waals surface area contributed by atoms with Gasteiger partial charge in [0.25, 0.3) is 0 Å². The molecule has 1 heterocycles. The van der Waals surface area contributed by atoms with Gasteiger partial charge in [-0.25, -0.2) is 4.98 Å². The molecule has 1 aromatic carbocycles. The summed E-state index contributed by atoms with van der Waals surface area (Å²) >= 11 is 0. The molecule has 3 nitrogen and oxygen atoms in total. The van der Waals surface area contributed by atoms with E-state index in [1.54, 1.807) is 0 Å². The fraction of sp³-hybridized carbons (Fsp3) is 0.308. The van der Waals surface area contributed by atoms with Gasteiger partial charge in [0.15, 0.2) is 0 Å². The number of hydrogen-bond acceptors (Lipinski definition) is 2. The van der Waals surface area contributed by atoms with Gasteiger partial charge in [0.1, 0.15) is 5.82 Å². The first-order valence-electron chi connectivity index (χ1n) is 5.59. The first kappa shape index (κ1) is 10.9. The molecule has 0 aliphatic heterocycles. The second-order valence-corrected chi connectivity index (χ2v) is 3.92. The highest BCUT2D eigenvalue weighted by Gasteiger charge is 2.10. The van der Waals surface area contributed by atoms with Gasteiger partial charge in [-0.3, -0.25) is 0 Å². The van der Waals surface area contributed by atoms with E-state index in [1.165, 1.54) is 5.56 Å². The van der Waals surface area contributed by atoms with Crippen molar-refractivity contribution in [2.24, 2.45) is 5.73 Å². The lowest BCUT2D eigenvalue weighted by atomic mass is 10.0. The number of imidazole rings is 1. The van der Waals surface area contributed by atoms with Crippen molar-refractivity contribution in [2.45, 2.75) is 26.3 Å². The van der Waals surface area contributed by atoms with Gasteiger partial charge in [0, 0.05) is 18.4 Å². The maximum atomic E-state index is 6.12. The monoisotopic (exact) mass is 215 g/mol. The Bertz CT molecular complexity index is 474. The van der Waals surface area contributed by atoms with Gasteiger partial charge in [-0.2, -0.15) is 0 Å².